The molecule has 9 heteroatoms. The topological polar surface area (TPSA) is 79.4 Å². The standard InChI is InChI=1S/C18H19F2N3O3S/c1-2-23(14-6-8-27(25,26)11-14)13-5-7-21-17(10-13)18(24)22-12-3-4-15(19)16(20)9-12/h3-5,7,9-10,14H,2,6,8,11H2,1H3,(H,22,24). The Morgan fingerprint density at radius 3 is 2.67 bits per heavy atom. The number of hydrogen-bond acceptors (Lipinski definition) is 5. The SMILES string of the molecule is CCN(c1ccnc(C(=O)Nc2ccc(F)c(F)c2)c1)C1CCS(=O)(=O)C1. The van der Waals surface area contributed by atoms with Crippen molar-refractivity contribution in [3.63, 3.8) is 0 Å². The van der Waals surface area contributed by atoms with Gasteiger partial charge in [-0.1, -0.05) is 0 Å². The van der Waals surface area contributed by atoms with Crippen LogP contribution in [0.25, 0.3) is 0 Å². The number of nitrogens with zero attached hydrogens (tertiary/aromatic N) is 2. The van der Waals surface area contributed by atoms with Crippen LogP contribution in [0.2, 0.25) is 0 Å². The van der Waals surface area contributed by atoms with Gasteiger partial charge < -0.3 is 10.2 Å². The van der Waals surface area contributed by atoms with E-state index in [9.17, 15) is 22.0 Å². The highest BCUT2D eigenvalue weighted by Crippen LogP contribution is 2.25. The molecule has 3 rings (SSSR count). The lowest BCUT2D eigenvalue weighted by Crippen LogP contribution is -2.36. The van der Waals surface area contributed by atoms with Crippen LogP contribution >= 0.6 is 0 Å². The van der Waals surface area contributed by atoms with Crippen LogP contribution in [-0.4, -0.2) is 43.4 Å². The van der Waals surface area contributed by atoms with E-state index in [1.54, 1.807) is 12.1 Å². The Morgan fingerprint density at radius 2 is 2.04 bits per heavy atom. The molecule has 2 aromatic rings. The summed E-state index contributed by atoms with van der Waals surface area (Å²) in [5.74, 6) is -2.40. The summed E-state index contributed by atoms with van der Waals surface area (Å²) >= 11 is 0. The molecule has 0 bridgehead atoms. The van der Waals surface area contributed by atoms with Gasteiger partial charge >= 0.3 is 0 Å². The first-order valence-electron chi connectivity index (χ1n) is 8.48. The van der Waals surface area contributed by atoms with Crippen LogP contribution in [0.4, 0.5) is 20.2 Å². The summed E-state index contributed by atoms with van der Waals surface area (Å²) in [6.45, 7) is 2.49. The van der Waals surface area contributed by atoms with Crippen LogP contribution < -0.4 is 10.2 Å². The van der Waals surface area contributed by atoms with Crippen molar-refractivity contribution in [1.82, 2.24) is 4.98 Å². The fourth-order valence-corrected chi connectivity index (χ4v) is 4.89. The molecule has 1 atom stereocenters. The predicted molar refractivity (Wildman–Crippen MR) is 98.6 cm³/mol. The van der Waals surface area contributed by atoms with Gasteiger partial charge in [-0.15, -0.1) is 0 Å². The normalized spacial score (nSPS) is 18.3. The molecule has 0 spiro atoms. The van der Waals surface area contributed by atoms with Crippen molar-refractivity contribution in [2.45, 2.75) is 19.4 Å². The van der Waals surface area contributed by atoms with Gasteiger partial charge in [0.25, 0.3) is 5.91 Å². The van der Waals surface area contributed by atoms with E-state index >= 15 is 0 Å². The molecule has 1 unspecified atom stereocenters. The number of halogens is 2. The maximum absolute atomic E-state index is 13.3. The quantitative estimate of drug-likeness (QED) is 0.842. The summed E-state index contributed by atoms with van der Waals surface area (Å²) < 4.78 is 49.8. The Hall–Kier alpha value is -2.55. The summed E-state index contributed by atoms with van der Waals surface area (Å²) in [7, 11) is -3.04. The van der Waals surface area contributed by atoms with Crippen molar-refractivity contribution in [2.24, 2.45) is 0 Å². The number of carbonyl (C=O) groups is 1. The van der Waals surface area contributed by atoms with E-state index in [1.165, 1.54) is 12.3 Å². The molecule has 1 saturated heterocycles. The molecular formula is C18H19F2N3O3S. The highest BCUT2D eigenvalue weighted by molar-refractivity contribution is 7.91. The molecule has 1 fully saturated rings. The van der Waals surface area contributed by atoms with Crippen LogP contribution in [0, 0.1) is 11.6 Å². The second-order valence-corrected chi connectivity index (χ2v) is 8.55. The lowest BCUT2D eigenvalue weighted by Gasteiger charge is -2.29. The Kier molecular flexibility index (Phi) is 5.41. The highest BCUT2D eigenvalue weighted by atomic mass is 32.2. The number of benzene rings is 1. The first-order chi connectivity index (χ1) is 12.8. The molecule has 144 valence electrons. The Bertz CT molecular complexity index is 966. The summed E-state index contributed by atoms with van der Waals surface area (Å²) in [6, 6.07) is 6.19. The van der Waals surface area contributed by atoms with Gasteiger partial charge in [0.2, 0.25) is 0 Å². The van der Waals surface area contributed by atoms with E-state index in [1.807, 2.05) is 11.8 Å². The zero-order valence-corrected chi connectivity index (χ0v) is 15.5. The smallest absolute Gasteiger partial charge is 0.274 e. The molecule has 0 radical (unpaired) electrons. The molecule has 1 aliphatic rings. The minimum absolute atomic E-state index is 0.0829. The molecule has 0 aliphatic carbocycles. The zero-order chi connectivity index (χ0) is 19.6. The Labute approximate surface area is 156 Å². The number of aromatic nitrogens is 1. The minimum Gasteiger partial charge on any atom is -0.368 e. The summed E-state index contributed by atoms with van der Waals surface area (Å²) in [5, 5.41) is 2.47. The number of sulfone groups is 1. The summed E-state index contributed by atoms with van der Waals surface area (Å²) in [5.41, 5.74) is 0.891. The van der Waals surface area contributed by atoms with E-state index in [0.717, 1.165) is 12.1 Å². The predicted octanol–water partition coefficient (Wildman–Crippen LogP) is 2.63. The van der Waals surface area contributed by atoms with E-state index < -0.39 is 27.4 Å². The van der Waals surface area contributed by atoms with Crippen molar-refractivity contribution in [1.29, 1.82) is 0 Å². The van der Waals surface area contributed by atoms with Crippen LogP contribution in [0.5, 0.6) is 0 Å². The monoisotopic (exact) mass is 395 g/mol. The van der Waals surface area contributed by atoms with Crippen molar-refractivity contribution in [2.75, 3.05) is 28.3 Å². The van der Waals surface area contributed by atoms with Crippen molar-refractivity contribution in [3.05, 3.63) is 53.9 Å². The second kappa shape index (κ2) is 7.59. The van der Waals surface area contributed by atoms with E-state index in [0.29, 0.717) is 18.7 Å². The van der Waals surface area contributed by atoms with Crippen LogP contribution in [-0.2, 0) is 9.84 Å². The van der Waals surface area contributed by atoms with Gasteiger partial charge in [-0.2, -0.15) is 0 Å². The minimum atomic E-state index is -3.04. The molecule has 1 aromatic heterocycles. The molecule has 0 saturated carbocycles. The number of hydrogen-bond donors (Lipinski definition) is 1. The Morgan fingerprint density at radius 1 is 1.26 bits per heavy atom. The Balaban J connectivity index is 1.79. The second-order valence-electron chi connectivity index (χ2n) is 6.33. The number of pyridine rings is 1. The molecule has 1 amide bonds. The van der Waals surface area contributed by atoms with E-state index in [4.69, 9.17) is 0 Å². The first kappa shape index (κ1) is 19.2. The first-order valence-corrected chi connectivity index (χ1v) is 10.3. The van der Waals surface area contributed by atoms with Crippen LogP contribution in [0.15, 0.2) is 36.5 Å². The molecule has 1 aliphatic heterocycles. The maximum atomic E-state index is 13.3. The molecule has 1 N–H and O–H groups in total. The fraction of sp³-hybridized carbons (Fsp3) is 0.333. The van der Waals surface area contributed by atoms with Crippen molar-refractivity contribution in [3.8, 4) is 0 Å². The lowest BCUT2D eigenvalue weighted by molar-refractivity contribution is 0.102. The molecule has 6 nitrogen and oxygen atoms in total. The van der Waals surface area contributed by atoms with Gasteiger partial charge in [0.1, 0.15) is 5.69 Å². The van der Waals surface area contributed by atoms with E-state index in [-0.39, 0.29) is 28.9 Å². The molecule has 1 aromatic carbocycles. The third-order valence-electron chi connectivity index (χ3n) is 4.48. The third kappa shape index (κ3) is 4.41. The molecular weight excluding hydrogens is 376 g/mol. The van der Waals surface area contributed by atoms with Gasteiger partial charge in [0, 0.05) is 36.2 Å². The fourth-order valence-electron chi connectivity index (χ4n) is 3.16. The van der Waals surface area contributed by atoms with Gasteiger partial charge in [0.05, 0.1) is 11.5 Å². The lowest BCUT2D eigenvalue weighted by atomic mass is 10.2. The van der Waals surface area contributed by atoms with Gasteiger partial charge in [-0.25, -0.2) is 17.2 Å². The third-order valence-corrected chi connectivity index (χ3v) is 6.23. The summed E-state index contributed by atoms with van der Waals surface area (Å²) in [6.07, 6.45) is 2.00. The number of rotatable bonds is 5. The van der Waals surface area contributed by atoms with Crippen molar-refractivity contribution >= 4 is 27.1 Å². The largest absolute Gasteiger partial charge is 0.368 e. The zero-order valence-electron chi connectivity index (χ0n) is 14.7. The van der Waals surface area contributed by atoms with Crippen LogP contribution in [0.3, 0.4) is 0 Å². The van der Waals surface area contributed by atoms with Crippen LogP contribution in [0.1, 0.15) is 23.8 Å². The van der Waals surface area contributed by atoms with Crippen molar-refractivity contribution < 1.29 is 22.0 Å². The number of amides is 1. The average Bonchev–Trinajstić information content (AvgIpc) is 2.98. The summed E-state index contributed by atoms with van der Waals surface area (Å²) in [4.78, 5) is 18.3. The van der Waals surface area contributed by atoms with E-state index in [2.05, 4.69) is 10.3 Å². The number of nitrogens with one attached hydrogen (secondary N) is 1. The average molecular weight is 395 g/mol. The highest BCUT2D eigenvalue weighted by Gasteiger charge is 2.32. The molecule has 2 heterocycles. The molecule has 27 heavy (non-hydrogen) atoms. The van der Waals surface area contributed by atoms with Gasteiger partial charge in [-0.3, -0.25) is 9.78 Å². The maximum Gasteiger partial charge on any atom is 0.274 e. The number of carbonyl (C=O) groups excluding carboxylic acids is 1. The van der Waals surface area contributed by atoms with Gasteiger partial charge in [-0.05, 0) is 37.6 Å². The number of anilines is 2. The van der Waals surface area contributed by atoms with Gasteiger partial charge in [0.15, 0.2) is 21.5 Å².